The van der Waals surface area contributed by atoms with E-state index in [9.17, 15) is 0 Å². The first-order valence-corrected chi connectivity index (χ1v) is 8.91. The van der Waals surface area contributed by atoms with Crippen molar-refractivity contribution >= 4 is 11.8 Å². The predicted molar refractivity (Wildman–Crippen MR) is 97.8 cm³/mol. The number of hydrogen-bond acceptors (Lipinski definition) is 6. The second kappa shape index (κ2) is 8.02. The highest BCUT2D eigenvalue weighted by molar-refractivity contribution is 7.99. The van der Waals surface area contributed by atoms with Crippen LogP contribution in [0.25, 0.3) is 5.69 Å². The van der Waals surface area contributed by atoms with Crippen molar-refractivity contribution in [2.75, 3.05) is 19.5 Å². The van der Waals surface area contributed by atoms with Gasteiger partial charge in [0.25, 0.3) is 0 Å². The summed E-state index contributed by atoms with van der Waals surface area (Å²) in [5.41, 5.74) is 3.29. The molecule has 0 saturated carbocycles. The predicted octanol–water partition coefficient (Wildman–Crippen LogP) is 3.46. The van der Waals surface area contributed by atoms with Gasteiger partial charge in [-0.05, 0) is 71.8 Å². The number of ether oxygens (including phenoxy) is 2. The lowest BCUT2D eigenvalue weighted by Crippen LogP contribution is -2.03. The third kappa shape index (κ3) is 4.51. The van der Waals surface area contributed by atoms with Crippen molar-refractivity contribution < 1.29 is 9.47 Å². The van der Waals surface area contributed by atoms with Gasteiger partial charge in [0, 0.05) is 5.75 Å². The van der Waals surface area contributed by atoms with Crippen LogP contribution in [0.4, 0.5) is 0 Å². The van der Waals surface area contributed by atoms with Gasteiger partial charge < -0.3 is 9.47 Å². The summed E-state index contributed by atoms with van der Waals surface area (Å²) in [6.07, 6.45) is 0. The van der Waals surface area contributed by atoms with Crippen molar-refractivity contribution in [3.8, 4) is 17.2 Å². The number of thioether (sulfide) groups is 1. The number of nitrogens with zero attached hydrogens (tertiary/aromatic N) is 4. The Bertz CT molecular complexity index is 813. The van der Waals surface area contributed by atoms with Crippen LogP contribution in [0, 0.1) is 13.8 Å². The highest BCUT2D eigenvalue weighted by Crippen LogP contribution is 2.21. The van der Waals surface area contributed by atoms with E-state index in [4.69, 9.17) is 9.47 Å². The zero-order valence-corrected chi connectivity index (χ0v) is 15.3. The van der Waals surface area contributed by atoms with E-state index in [1.54, 1.807) is 23.6 Å². The van der Waals surface area contributed by atoms with E-state index in [1.165, 1.54) is 11.1 Å². The molecule has 0 aliphatic rings. The van der Waals surface area contributed by atoms with Crippen molar-refractivity contribution in [3.63, 3.8) is 0 Å². The molecular formula is C18H20N4O2S. The summed E-state index contributed by atoms with van der Waals surface area (Å²) in [6.45, 7) is 4.72. The molecule has 130 valence electrons. The molecule has 25 heavy (non-hydrogen) atoms. The van der Waals surface area contributed by atoms with Gasteiger partial charge in [-0.2, -0.15) is 4.68 Å². The van der Waals surface area contributed by atoms with Crippen LogP contribution in [0.3, 0.4) is 0 Å². The number of aromatic nitrogens is 4. The standard InChI is InChI=1S/C18H20N4O2S/c1-13-10-14(2)12-17(11-13)24-8-9-25-18-19-20-21-22(18)15-4-6-16(23-3)7-5-15/h4-7,10-12H,8-9H2,1-3H3. The first-order chi connectivity index (χ1) is 12.2. The van der Waals surface area contributed by atoms with Gasteiger partial charge in [0.2, 0.25) is 5.16 Å². The Labute approximate surface area is 151 Å². The minimum atomic E-state index is 0.586. The number of methoxy groups -OCH3 is 1. The second-order valence-electron chi connectivity index (χ2n) is 5.59. The van der Waals surface area contributed by atoms with Gasteiger partial charge >= 0.3 is 0 Å². The van der Waals surface area contributed by atoms with Gasteiger partial charge in [0.1, 0.15) is 11.5 Å². The average molecular weight is 356 g/mol. The molecule has 0 radical (unpaired) electrons. The van der Waals surface area contributed by atoms with E-state index in [0.29, 0.717) is 6.61 Å². The normalized spacial score (nSPS) is 10.7. The molecule has 0 fully saturated rings. The van der Waals surface area contributed by atoms with Gasteiger partial charge in [-0.3, -0.25) is 0 Å². The lowest BCUT2D eigenvalue weighted by molar-refractivity contribution is 0.343. The molecule has 3 rings (SSSR count). The Morgan fingerprint density at radius 2 is 1.72 bits per heavy atom. The summed E-state index contributed by atoms with van der Waals surface area (Å²) in [5.74, 6) is 2.45. The molecular weight excluding hydrogens is 336 g/mol. The molecule has 7 heteroatoms. The zero-order valence-electron chi connectivity index (χ0n) is 14.5. The van der Waals surface area contributed by atoms with Crippen LogP contribution in [0.1, 0.15) is 11.1 Å². The fraction of sp³-hybridized carbons (Fsp3) is 0.278. The number of tetrazole rings is 1. The van der Waals surface area contributed by atoms with E-state index in [2.05, 4.69) is 35.4 Å². The topological polar surface area (TPSA) is 62.1 Å². The van der Waals surface area contributed by atoms with Gasteiger partial charge in [0.15, 0.2) is 0 Å². The van der Waals surface area contributed by atoms with E-state index in [-0.39, 0.29) is 0 Å². The van der Waals surface area contributed by atoms with Crippen LogP contribution in [0.5, 0.6) is 11.5 Å². The molecule has 0 unspecified atom stereocenters. The summed E-state index contributed by atoms with van der Waals surface area (Å²) >= 11 is 1.56. The maximum Gasteiger partial charge on any atom is 0.214 e. The van der Waals surface area contributed by atoms with Gasteiger partial charge in [-0.25, -0.2) is 0 Å². The maximum atomic E-state index is 5.83. The van der Waals surface area contributed by atoms with Crippen LogP contribution < -0.4 is 9.47 Å². The Morgan fingerprint density at radius 1 is 1.00 bits per heavy atom. The van der Waals surface area contributed by atoms with E-state index in [0.717, 1.165) is 28.1 Å². The minimum absolute atomic E-state index is 0.586. The lowest BCUT2D eigenvalue weighted by Gasteiger charge is -2.08. The molecule has 1 heterocycles. The fourth-order valence-corrected chi connectivity index (χ4v) is 3.17. The summed E-state index contributed by atoms with van der Waals surface area (Å²) in [5, 5.41) is 12.6. The first kappa shape index (κ1) is 17.3. The highest BCUT2D eigenvalue weighted by Gasteiger charge is 2.09. The summed E-state index contributed by atoms with van der Waals surface area (Å²) < 4.78 is 12.7. The molecule has 0 aliphatic carbocycles. The number of benzene rings is 2. The van der Waals surface area contributed by atoms with E-state index >= 15 is 0 Å². The fourth-order valence-electron chi connectivity index (χ4n) is 2.46. The maximum absolute atomic E-state index is 5.83. The Morgan fingerprint density at radius 3 is 2.40 bits per heavy atom. The van der Waals surface area contributed by atoms with Gasteiger partial charge in [-0.1, -0.05) is 17.8 Å². The Kier molecular flexibility index (Phi) is 5.55. The lowest BCUT2D eigenvalue weighted by atomic mass is 10.1. The molecule has 2 aromatic carbocycles. The smallest absolute Gasteiger partial charge is 0.214 e. The molecule has 0 N–H and O–H groups in total. The summed E-state index contributed by atoms with van der Waals surface area (Å²) in [7, 11) is 1.64. The molecule has 0 atom stereocenters. The number of aryl methyl sites for hydroxylation is 2. The quantitative estimate of drug-likeness (QED) is 0.477. The van der Waals surface area contributed by atoms with Crippen LogP contribution in [-0.4, -0.2) is 39.7 Å². The van der Waals surface area contributed by atoms with Crippen molar-refractivity contribution in [1.82, 2.24) is 20.2 Å². The van der Waals surface area contributed by atoms with Crippen LogP contribution in [0.15, 0.2) is 47.6 Å². The van der Waals surface area contributed by atoms with E-state index in [1.807, 2.05) is 36.4 Å². The number of rotatable bonds is 7. The molecule has 0 spiro atoms. The van der Waals surface area contributed by atoms with Crippen molar-refractivity contribution in [2.24, 2.45) is 0 Å². The molecule has 1 aromatic heterocycles. The average Bonchev–Trinajstić information content (AvgIpc) is 3.06. The molecule has 0 aliphatic heterocycles. The van der Waals surface area contributed by atoms with E-state index < -0.39 is 0 Å². The SMILES string of the molecule is COc1ccc(-n2nnnc2SCCOc2cc(C)cc(C)c2)cc1. The third-order valence-electron chi connectivity index (χ3n) is 3.54. The number of hydrogen-bond donors (Lipinski definition) is 0. The van der Waals surface area contributed by atoms with Crippen LogP contribution in [-0.2, 0) is 0 Å². The monoisotopic (exact) mass is 356 g/mol. The van der Waals surface area contributed by atoms with Crippen LogP contribution >= 0.6 is 11.8 Å². The third-order valence-corrected chi connectivity index (χ3v) is 4.42. The molecule has 0 bridgehead atoms. The highest BCUT2D eigenvalue weighted by atomic mass is 32.2. The first-order valence-electron chi connectivity index (χ1n) is 7.92. The molecule has 3 aromatic rings. The van der Waals surface area contributed by atoms with Crippen molar-refractivity contribution in [1.29, 1.82) is 0 Å². The van der Waals surface area contributed by atoms with Crippen molar-refractivity contribution in [3.05, 3.63) is 53.6 Å². The Balaban J connectivity index is 1.58. The second-order valence-corrected chi connectivity index (χ2v) is 6.65. The summed E-state index contributed by atoms with van der Waals surface area (Å²) in [6, 6.07) is 13.8. The van der Waals surface area contributed by atoms with Crippen LogP contribution in [0.2, 0.25) is 0 Å². The van der Waals surface area contributed by atoms with Gasteiger partial charge in [-0.15, -0.1) is 5.10 Å². The Hall–Kier alpha value is -2.54. The minimum Gasteiger partial charge on any atom is -0.497 e. The summed E-state index contributed by atoms with van der Waals surface area (Å²) in [4.78, 5) is 0. The zero-order chi connectivity index (χ0) is 17.6. The largest absolute Gasteiger partial charge is 0.497 e. The molecule has 6 nitrogen and oxygen atoms in total. The van der Waals surface area contributed by atoms with Crippen molar-refractivity contribution in [2.45, 2.75) is 19.0 Å². The van der Waals surface area contributed by atoms with Gasteiger partial charge in [0.05, 0.1) is 19.4 Å². The molecule has 0 amide bonds. The molecule has 0 saturated heterocycles.